The fourth-order valence-electron chi connectivity index (χ4n) is 2.93. The van der Waals surface area contributed by atoms with Crippen LogP contribution in [-0.2, 0) is 9.53 Å². The average Bonchev–Trinajstić information content (AvgIpc) is 2.99. The van der Waals surface area contributed by atoms with Crippen LogP contribution in [0.5, 0.6) is 0 Å². The van der Waals surface area contributed by atoms with Gasteiger partial charge in [-0.1, -0.05) is 0 Å². The van der Waals surface area contributed by atoms with E-state index in [9.17, 15) is 4.79 Å². The number of nitrogens with one attached hydrogen (secondary N) is 1. The summed E-state index contributed by atoms with van der Waals surface area (Å²) in [5.41, 5.74) is -0.260. The van der Waals surface area contributed by atoms with Crippen molar-refractivity contribution in [2.45, 2.75) is 50.9 Å². The Kier molecular flexibility index (Phi) is 3.60. The van der Waals surface area contributed by atoms with Gasteiger partial charge in [-0.25, -0.2) is 0 Å². The molecule has 5 heteroatoms. The van der Waals surface area contributed by atoms with Crippen LogP contribution in [-0.4, -0.2) is 36.1 Å². The Labute approximate surface area is 124 Å². The third-order valence-corrected chi connectivity index (χ3v) is 5.38. The van der Waals surface area contributed by atoms with Crippen LogP contribution in [0.25, 0.3) is 0 Å². The number of hydrogen-bond donors (Lipinski definition) is 1. The number of carbonyl (C=O) groups excluding carboxylic acids is 1. The smallest absolute Gasteiger partial charge is 0.244 e. The molecular weight excluding hydrogens is 272 g/mol. The zero-order chi connectivity index (χ0) is 14.3. The van der Waals surface area contributed by atoms with Gasteiger partial charge in [-0.3, -0.25) is 10.1 Å². The molecule has 0 radical (unpaired) electrons. The molecule has 1 aliphatic carbocycles. The number of rotatable bonds is 5. The molecule has 1 spiro atoms. The fraction of sp³-hybridized carbons (Fsp3) is 0.667. The lowest BCUT2D eigenvalue weighted by Crippen LogP contribution is -2.39. The van der Waals surface area contributed by atoms with Gasteiger partial charge in [-0.05, 0) is 45.2 Å². The van der Waals surface area contributed by atoms with Crippen molar-refractivity contribution in [3.05, 3.63) is 21.9 Å². The van der Waals surface area contributed by atoms with E-state index in [0.717, 1.165) is 19.3 Å². The zero-order valence-electron chi connectivity index (χ0n) is 12.3. The quantitative estimate of drug-likeness (QED) is 0.907. The first-order valence-corrected chi connectivity index (χ1v) is 8.05. The minimum atomic E-state index is -0.260. The van der Waals surface area contributed by atoms with E-state index in [-0.39, 0.29) is 23.7 Å². The number of ether oxygens (including phenoxy) is 1. The van der Waals surface area contributed by atoms with E-state index < -0.39 is 0 Å². The standard InChI is InChI=1S/C15H22N2O2S/c1-10(6-9-19-3)17-13(12-5-4-11(2)20-12)16-15(7-8-15)14(17)18/h4-5,10,13,16H,6-9H2,1-3H3. The number of aryl methyl sites for hydroxylation is 1. The Hall–Kier alpha value is -0.910. The van der Waals surface area contributed by atoms with Gasteiger partial charge in [0.05, 0.1) is 0 Å². The highest BCUT2D eigenvalue weighted by Gasteiger charge is 2.60. The highest BCUT2D eigenvalue weighted by Crippen LogP contribution is 2.47. The molecule has 2 fully saturated rings. The summed E-state index contributed by atoms with van der Waals surface area (Å²) in [6.07, 6.45) is 2.86. The molecule has 0 bridgehead atoms. The Bertz CT molecular complexity index is 510. The predicted octanol–water partition coefficient (Wildman–Crippen LogP) is 2.44. The van der Waals surface area contributed by atoms with Gasteiger partial charge in [0.1, 0.15) is 11.7 Å². The summed E-state index contributed by atoms with van der Waals surface area (Å²) < 4.78 is 5.16. The van der Waals surface area contributed by atoms with Crippen molar-refractivity contribution in [1.29, 1.82) is 0 Å². The SMILES string of the molecule is COCCC(C)N1C(=O)C2(CC2)NC1c1ccc(C)s1. The lowest BCUT2D eigenvalue weighted by molar-refractivity contribution is -0.133. The van der Waals surface area contributed by atoms with Crippen LogP contribution in [0, 0.1) is 6.92 Å². The van der Waals surface area contributed by atoms with Crippen molar-refractivity contribution >= 4 is 17.2 Å². The Morgan fingerprint density at radius 2 is 2.30 bits per heavy atom. The van der Waals surface area contributed by atoms with Crippen LogP contribution < -0.4 is 5.32 Å². The Morgan fingerprint density at radius 3 is 2.85 bits per heavy atom. The van der Waals surface area contributed by atoms with E-state index in [4.69, 9.17) is 4.74 Å². The summed E-state index contributed by atoms with van der Waals surface area (Å²) in [6, 6.07) is 4.46. The highest BCUT2D eigenvalue weighted by molar-refractivity contribution is 7.12. The molecule has 1 aromatic rings. The summed E-state index contributed by atoms with van der Waals surface area (Å²) in [5.74, 6) is 0.275. The topological polar surface area (TPSA) is 41.6 Å². The molecule has 110 valence electrons. The van der Waals surface area contributed by atoms with Crippen molar-refractivity contribution in [2.75, 3.05) is 13.7 Å². The van der Waals surface area contributed by atoms with E-state index in [2.05, 4.69) is 31.3 Å². The third kappa shape index (κ3) is 2.28. The normalized spacial score (nSPS) is 25.4. The molecule has 2 unspecified atom stereocenters. The van der Waals surface area contributed by atoms with Crippen LogP contribution >= 0.6 is 11.3 Å². The summed E-state index contributed by atoms with van der Waals surface area (Å²) >= 11 is 1.77. The fourth-order valence-corrected chi connectivity index (χ4v) is 3.86. The molecule has 1 saturated heterocycles. The summed E-state index contributed by atoms with van der Waals surface area (Å²) in [4.78, 5) is 17.3. The minimum Gasteiger partial charge on any atom is -0.385 e. The Balaban J connectivity index is 1.84. The maximum absolute atomic E-state index is 12.7. The lowest BCUT2D eigenvalue weighted by Gasteiger charge is -2.29. The van der Waals surface area contributed by atoms with Gasteiger partial charge in [0, 0.05) is 29.5 Å². The van der Waals surface area contributed by atoms with Crippen LogP contribution in [0.3, 0.4) is 0 Å². The van der Waals surface area contributed by atoms with Crippen molar-refractivity contribution in [3.8, 4) is 0 Å². The molecule has 0 aromatic carbocycles. The van der Waals surface area contributed by atoms with Gasteiger partial charge in [0.25, 0.3) is 0 Å². The van der Waals surface area contributed by atoms with Gasteiger partial charge < -0.3 is 9.64 Å². The minimum absolute atomic E-state index is 0.0376. The molecule has 1 aliphatic heterocycles. The molecule has 1 amide bonds. The molecule has 1 N–H and O–H groups in total. The van der Waals surface area contributed by atoms with E-state index in [1.807, 2.05) is 4.90 Å². The highest BCUT2D eigenvalue weighted by atomic mass is 32.1. The zero-order valence-corrected chi connectivity index (χ0v) is 13.1. The first kappa shape index (κ1) is 14.0. The number of carbonyl (C=O) groups is 1. The number of hydrogen-bond acceptors (Lipinski definition) is 4. The lowest BCUT2D eigenvalue weighted by atomic mass is 10.2. The maximum Gasteiger partial charge on any atom is 0.244 e. The van der Waals surface area contributed by atoms with Gasteiger partial charge in [0.2, 0.25) is 5.91 Å². The second kappa shape index (κ2) is 5.13. The number of nitrogens with zero attached hydrogens (tertiary/aromatic N) is 1. The van der Waals surface area contributed by atoms with Gasteiger partial charge in [-0.15, -0.1) is 11.3 Å². The molecule has 2 atom stereocenters. The van der Waals surface area contributed by atoms with Gasteiger partial charge in [0.15, 0.2) is 0 Å². The van der Waals surface area contributed by atoms with Crippen molar-refractivity contribution in [3.63, 3.8) is 0 Å². The monoisotopic (exact) mass is 294 g/mol. The summed E-state index contributed by atoms with van der Waals surface area (Å²) in [5, 5.41) is 3.57. The van der Waals surface area contributed by atoms with Crippen LogP contribution in [0.2, 0.25) is 0 Å². The molecule has 2 heterocycles. The van der Waals surface area contributed by atoms with Crippen LogP contribution in [0.4, 0.5) is 0 Å². The summed E-state index contributed by atoms with van der Waals surface area (Å²) in [7, 11) is 1.71. The first-order chi connectivity index (χ1) is 9.57. The number of methoxy groups -OCH3 is 1. The van der Waals surface area contributed by atoms with E-state index in [1.165, 1.54) is 9.75 Å². The molecule has 2 aliphatic rings. The van der Waals surface area contributed by atoms with Crippen molar-refractivity contribution in [1.82, 2.24) is 10.2 Å². The molecule has 3 rings (SSSR count). The van der Waals surface area contributed by atoms with Crippen LogP contribution in [0.15, 0.2) is 12.1 Å². The van der Waals surface area contributed by atoms with E-state index in [1.54, 1.807) is 18.4 Å². The maximum atomic E-state index is 12.7. The molecule has 4 nitrogen and oxygen atoms in total. The predicted molar refractivity (Wildman–Crippen MR) is 79.7 cm³/mol. The van der Waals surface area contributed by atoms with E-state index >= 15 is 0 Å². The largest absolute Gasteiger partial charge is 0.385 e. The van der Waals surface area contributed by atoms with Crippen LogP contribution in [0.1, 0.15) is 42.1 Å². The second-order valence-electron chi connectivity index (χ2n) is 5.92. The average molecular weight is 294 g/mol. The Morgan fingerprint density at radius 1 is 1.55 bits per heavy atom. The third-order valence-electron chi connectivity index (χ3n) is 4.33. The number of amides is 1. The van der Waals surface area contributed by atoms with E-state index in [0.29, 0.717) is 6.61 Å². The van der Waals surface area contributed by atoms with Crippen molar-refractivity contribution < 1.29 is 9.53 Å². The molecular formula is C15H22N2O2S. The first-order valence-electron chi connectivity index (χ1n) is 7.23. The molecule has 1 saturated carbocycles. The molecule has 20 heavy (non-hydrogen) atoms. The van der Waals surface area contributed by atoms with Gasteiger partial charge in [-0.2, -0.15) is 0 Å². The van der Waals surface area contributed by atoms with Gasteiger partial charge >= 0.3 is 0 Å². The molecule has 1 aromatic heterocycles. The number of thiophene rings is 1. The van der Waals surface area contributed by atoms with Crippen molar-refractivity contribution in [2.24, 2.45) is 0 Å². The second-order valence-corrected chi connectivity index (χ2v) is 7.24. The summed E-state index contributed by atoms with van der Waals surface area (Å²) in [6.45, 7) is 4.91.